The summed E-state index contributed by atoms with van der Waals surface area (Å²) >= 11 is 2.61. The Morgan fingerprint density at radius 2 is 0.643 bits per heavy atom. The van der Waals surface area contributed by atoms with Gasteiger partial charge in [-0.2, -0.15) is 0 Å². The molecule has 34 rings (SSSR count). The van der Waals surface area contributed by atoms with E-state index in [1.54, 1.807) is 10.5 Å². The van der Waals surface area contributed by atoms with Crippen molar-refractivity contribution in [3.05, 3.63) is 141 Å². The molecule has 23 aliphatic rings. The summed E-state index contributed by atoms with van der Waals surface area (Å²) in [4.78, 5) is 1.79. The maximum Gasteiger partial charge on any atom is 0.0645 e. The summed E-state index contributed by atoms with van der Waals surface area (Å²) in [6.07, 6.45) is 0. The molecule has 0 bridgehead atoms. The standard InChI is InChI=1S/C69H30S/c1-6(2)7-4-3-5-8-67(7)70-69-65-59-53-43-31-23-15-11-9-10-13-17(15)25(31)35-29-21(13)22-14(10)18-16-12(9)20-19(11)27-33(23)41-47-37(27)38-28(20)34-24(16)32-26(18)36-30(22)40-39(29)51(45(35)53)61(65)62-52(40)46(36)54-44(32)50-42(34)48(38)56-55(47)63(57(59)49(41)43)68(8,69)64(56)58(50)60(54)66(62)69/h3-6,11,13,15,17,19,21,27,29,37-40,48,52,56,58,60,62,64,66H,1-2H3. The fourth-order valence-corrected chi connectivity index (χ4v) is 34.6. The fourth-order valence-electron chi connectivity index (χ4n) is 32.3. The van der Waals surface area contributed by atoms with Gasteiger partial charge in [0.2, 0.25) is 0 Å². The molecule has 22 atom stereocenters. The van der Waals surface area contributed by atoms with Crippen molar-refractivity contribution in [3.63, 3.8) is 0 Å². The predicted molar refractivity (Wildman–Crippen MR) is 271 cm³/mol. The van der Waals surface area contributed by atoms with Crippen LogP contribution in [0.25, 0.3) is 97.3 Å². The monoisotopic (exact) mass is 890 g/mol. The Balaban J connectivity index is 1.03. The first-order valence-corrected chi connectivity index (χ1v) is 29.6. The molecule has 0 amide bonds. The molecule has 11 aromatic rings. The minimum Gasteiger partial charge on any atom is -0.112 e. The molecule has 1 heterocycles. The molecule has 0 nitrogen and oxygen atoms in total. The summed E-state index contributed by atoms with van der Waals surface area (Å²) in [6, 6.07) is 8.11. The number of benzene rings is 10. The third-order valence-electron chi connectivity index (χ3n) is 30.9. The van der Waals surface area contributed by atoms with Crippen LogP contribution in [0.2, 0.25) is 0 Å². The third-order valence-corrected chi connectivity index (χ3v) is 32.7. The van der Waals surface area contributed by atoms with Crippen LogP contribution in [-0.4, -0.2) is 0 Å². The maximum atomic E-state index is 2.85. The van der Waals surface area contributed by atoms with Gasteiger partial charge in [-0.15, -0.1) is 11.8 Å². The molecular formula is C69H30S. The van der Waals surface area contributed by atoms with E-state index in [1.165, 1.54) is 0 Å². The molecule has 1 saturated carbocycles. The lowest BCUT2D eigenvalue weighted by atomic mass is 9.39. The van der Waals surface area contributed by atoms with Gasteiger partial charge in [0.1, 0.15) is 0 Å². The van der Waals surface area contributed by atoms with Gasteiger partial charge >= 0.3 is 0 Å². The Bertz CT molecular complexity index is 5480. The van der Waals surface area contributed by atoms with Crippen molar-refractivity contribution < 1.29 is 0 Å². The highest BCUT2D eigenvalue weighted by Crippen LogP contribution is 3.01. The molecule has 312 valence electrons. The number of rotatable bonds is 1. The van der Waals surface area contributed by atoms with Gasteiger partial charge in [0, 0.05) is 10.3 Å². The smallest absolute Gasteiger partial charge is 0.0645 e. The summed E-state index contributed by atoms with van der Waals surface area (Å²) < 4.78 is 0.0634. The number of thioether (sulfide) groups is 1. The lowest BCUT2D eigenvalue weighted by Gasteiger charge is -2.65. The molecule has 1 aliphatic heterocycles. The van der Waals surface area contributed by atoms with Crippen molar-refractivity contribution in [2.45, 2.75) is 141 Å². The molecule has 70 heavy (non-hydrogen) atoms. The number of fused-ring (bicyclic) bond motifs is 1. The Labute approximate surface area is 400 Å². The van der Waals surface area contributed by atoms with Crippen molar-refractivity contribution in [1.29, 1.82) is 0 Å². The molecule has 0 saturated heterocycles. The van der Waals surface area contributed by atoms with E-state index in [0.717, 1.165) is 0 Å². The first-order chi connectivity index (χ1) is 34.8. The van der Waals surface area contributed by atoms with E-state index in [9.17, 15) is 0 Å². The largest absolute Gasteiger partial charge is 0.112 e. The van der Waals surface area contributed by atoms with Crippen LogP contribution in [0.3, 0.4) is 0 Å². The quantitative estimate of drug-likeness (QED) is 0.148. The minimum absolute atomic E-state index is 0.0332. The van der Waals surface area contributed by atoms with E-state index >= 15 is 0 Å². The second-order valence-corrected chi connectivity index (χ2v) is 31.2. The van der Waals surface area contributed by atoms with E-state index in [4.69, 9.17) is 0 Å². The number of hydrogen-bond acceptors (Lipinski definition) is 1. The Hall–Kier alpha value is -5.37. The molecule has 22 aliphatic carbocycles. The lowest BCUT2D eigenvalue weighted by Crippen LogP contribution is -2.62. The first kappa shape index (κ1) is 28.0. The van der Waals surface area contributed by atoms with Gasteiger partial charge < -0.3 is 0 Å². The summed E-state index contributed by atoms with van der Waals surface area (Å²) in [6.45, 7) is 5.12. The van der Waals surface area contributed by atoms with Crippen LogP contribution in [0, 0.1) is 11.8 Å². The van der Waals surface area contributed by atoms with Crippen LogP contribution >= 0.6 is 11.8 Å². The van der Waals surface area contributed by atoms with Gasteiger partial charge in [-0.3, -0.25) is 0 Å². The Kier molecular flexibility index (Phi) is 2.58. The molecular weight excluding hydrogens is 861 g/mol. The number of hydrogen-bond donors (Lipinski definition) is 0. The summed E-state index contributed by atoms with van der Waals surface area (Å²) in [5.74, 6) is 14.0. The van der Waals surface area contributed by atoms with Crippen LogP contribution in [0.1, 0.15) is 249 Å². The third kappa shape index (κ3) is 1.51. The normalized spacial score (nSPS) is 48.0. The van der Waals surface area contributed by atoms with Gasteiger partial charge in [0.05, 0.1) is 4.75 Å². The predicted octanol–water partition coefficient (Wildman–Crippen LogP) is 15.6. The van der Waals surface area contributed by atoms with Crippen molar-refractivity contribution in [2.24, 2.45) is 11.8 Å². The molecule has 1 heteroatoms. The van der Waals surface area contributed by atoms with Crippen LogP contribution in [0.15, 0.2) is 23.1 Å². The zero-order valence-electron chi connectivity index (χ0n) is 37.8. The second-order valence-electron chi connectivity index (χ2n) is 30.0. The zero-order chi connectivity index (χ0) is 41.6. The minimum atomic E-state index is 0.0332. The van der Waals surface area contributed by atoms with Gasteiger partial charge in [0.15, 0.2) is 0 Å². The topological polar surface area (TPSA) is 0 Å². The highest BCUT2D eigenvalue weighted by molar-refractivity contribution is 8.00. The maximum absolute atomic E-state index is 2.85. The molecule has 0 N–H and O–H groups in total. The van der Waals surface area contributed by atoms with E-state index in [0.29, 0.717) is 124 Å². The Morgan fingerprint density at radius 3 is 1.09 bits per heavy atom. The van der Waals surface area contributed by atoms with E-state index in [2.05, 4.69) is 54.9 Å². The van der Waals surface area contributed by atoms with Gasteiger partial charge in [-0.25, -0.2) is 0 Å². The van der Waals surface area contributed by atoms with Gasteiger partial charge in [-0.1, -0.05) is 32.0 Å². The molecule has 22 unspecified atom stereocenters. The summed E-state index contributed by atoms with van der Waals surface area (Å²) in [7, 11) is 0. The SMILES string of the molecule is CC(C)c1cccc2c1SC13c4c5c6c7c8c9c%10c%11c%12c%13c%14c%15c(c%16c%13c%10c7c4-%16)C21C1C%15C2c4c7c%10c%13c%15c%16c%17c%18c%19c%20c%21c%22c%23c(c4c4c%22c%19c%16c%104)C2C%14C%12C%23C%21C%11C9C%20C%18C8C6C%17C%15C5C3C%13C71. The fraction of sp³-hybridized carbons (Fsp3) is 0.362. The van der Waals surface area contributed by atoms with E-state index in [1.807, 2.05) is 203 Å². The average molecular weight is 891 g/mol. The van der Waals surface area contributed by atoms with Crippen LogP contribution in [-0.2, 0) is 10.2 Å². The van der Waals surface area contributed by atoms with Gasteiger partial charge in [-0.05, 0) is 344 Å². The summed E-state index contributed by atoms with van der Waals surface area (Å²) in [5, 5.41) is 30.8. The highest BCUT2D eigenvalue weighted by atomic mass is 32.2. The van der Waals surface area contributed by atoms with Gasteiger partial charge in [0.25, 0.3) is 0 Å². The van der Waals surface area contributed by atoms with Crippen molar-refractivity contribution in [1.82, 2.24) is 0 Å². The zero-order valence-corrected chi connectivity index (χ0v) is 38.6. The molecule has 1 fully saturated rings. The Morgan fingerprint density at radius 1 is 0.329 bits per heavy atom. The van der Waals surface area contributed by atoms with Crippen LogP contribution in [0.5, 0.6) is 0 Å². The molecule has 2 spiro atoms. The van der Waals surface area contributed by atoms with Crippen LogP contribution in [0.4, 0.5) is 0 Å². The van der Waals surface area contributed by atoms with Crippen molar-refractivity contribution in [2.75, 3.05) is 0 Å². The molecule has 0 aromatic heterocycles. The average Bonchev–Trinajstić information content (AvgIpc) is 4.33. The summed E-state index contributed by atoms with van der Waals surface area (Å²) in [5.41, 5.74) is 48.2. The van der Waals surface area contributed by atoms with Crippen molar-refractivity contribution >= 4 is 97.9 Å². The molecule has 0 radical (unpaired) electrons. The van der Waals surface area contributed by atoms with Crippen molar-refractivity contribution in [3.8, 4) is 11.1 Å². The lowest BCUT2D eigenvalue weighted by molar-refractivity contribution is 0.0341. The second kappa shape index (κ2) is 6.46. The molecule has 11 aromatic carbocycles. The van der Waals surface area contributed by atoms with E-state index < -0.39 is 0 Å². The first-order valence-electron chi connectivity index (χ1n) is 28.8. The van der Waals surface area contributed by atoms with E-state index in [-0.39, 0.29) is 10.2 Å². The highest BCUT2D eigenvalue weighted by Gasteiger charge is 2.89. The van der Waals surface area contributed by atoms with Crippen LogP contribution < -0.4 is 0 Å².